The van der Waals surface area contributed by atoms with Gasteiger partial charge in [0.2, 0.25) is 5.91 Å². The molecule has 170 valence electrons. The smallest absolute Gasteiger partial charge is 0.227 e. The van der Waals surface area contributed by atoms with Crippen molar-refractivity contribution in [2.24, 2.45) is 11.8 Å². The average Bonchev–Trinajstić information content (AvgIpc) is 3.43. The molecule has 2 unspecified atom stereocenters. The maximum Gasteiger partial charge on any atom is 0.227 e. The summed E-state index contributed by atoms with van der Waals surface area (Å²) in [6.45, 7) is 2.15. The normalized spacial score (nSPS) is 23.3. The Morgan fingerprint density at radius 1 is 1.06 bits per heavy atom. The first-order chi connectivity index (χ1) is 16.1. The van der Waals surface area contributed by atoms with Crippen LogP contribution in [0, 0.1) is 11.8 Å². The van der Waals surface area contributed by atoms with Gasteiger partial charge in [0, 0.05) is 11.6 Å². The Bertz CT molecular complexity index is 1130. The number of para-hydroxylation sites is 1. The molecule has 0 radical (unpaired) electrons. The minimum atomic E-state index is -0.409. The zero-order valence-corrected chi connectivity index (χ0v) is 19.0. The van der Waals surface area contributed by atoms with Gasteiger partial charge < -0.3 is 15.0 Å². The van der Waals surface area contributed by atoms with Crippen LogP contribution in [0.1, 0.15) is 56.3 Å². The summed E-state index contributed by atoms with van der Waals surface area (Å²) < 4.78 is 2.21. The molecule has 5 nitrogen and oxygen atoms in total. The van der Waals surface area contributed by atoms with E-state index < -0.39 is 6.10 Å². The first kappa shape index (κ1) is 21.7. The Labute approximate surface area is 195 Å². The number of allylic oxidation sites excluding steroid dienone is 2. The van der Waals surface area contributed by atoms with E-state index in [9.17, 15) is 9.90 Å². The molecular formula is C28H31N3O2. The number of aromatic nitrogens is 2. The lowest BCUT2D eigenvalue weighted by Crippen LogP contribution is -2.32. The van der Waals surface area contributed by atoms with E-state index in [2.05, 4.69) is 46.1 Å². The minimum Gasteiger partial charge on any atom is -0.393 e. The number of imidazole rings is 1. The van der Waals surface area contributed by atoms with Crippen molar-refractivity contribution in [1.82, 2.24) is 9.55 Å². The number of carbonyl (C=O) groups excluding carboxylic acids is 1. The summed E-state index contributed by atoms with van der Waals surface area (Å²) in [5.74, 6) is 0.330. The van der Waals surface area contributed by atoms with Crippen molar-refractivity contribution in [3.8, 4) is 0 Å². The molecule has 2 atom stereocenters. The van der Waals surface area contributed by atoms with E-state index in [1.807, 2.05) is 48.9 Å². The van der Waals surface area contributed by atoms with Gasteiger partial charge in [0.25, 0.3) is 0 Å². The van der Waals surface area contributed by atoms with Crippen LogP contribution in [0.15, 0.2) is 73.2 Å². The van der Waals surface area contributed by atoms with Gasteiger partial charge >= 0.3 is 0 Å². The molecule has 1 amide bonds. The number of aliphatic hydroxyl groups excluding tert-OH is 1. The number of amides is 1. The molecule has 33 heavy (non-hydrogen) atoms. The van der Waals surface area contributed by atoms with E-state index in [-0.39, 0.29) is 23.8 Å². The summed E-state index contributed by atoms with van der Waals surface area (Å²) in [5, 5.41) is 14.3. The van der Waals surface area contributed by atoms with Crippen molar-refractivity contribution < 1.29 is 9.90 Å². The van der Waals surface area contributed by atoms with E-state index in [0.717, 1.165) is 37.1 Å². The highest BCUT2D eigenvalue weighted by Gasteiger charge is 2.35. The number of fused-ring (bicyclic) bond motifs is 1. The summed E-state index contributed by atoms with van der Waals surface area (Å²) in [6.07, 6.45) is 7.45. The highest BCUT2D eigenvalue weighted by atomic mass is 16.3. The molecule has 2 aliphatic rings. The summed E-state index contributed by atoms with van der Waals surface area (Å²) >= 11 is 0. The van der Waals surface area contributed by atoms with Crippen LogP contribution in [0.3, 0.4) is 0 Å². The van der Waals surface area contributed by atoms with Crippen molar-refractivity contribution >= 4 is 22.7 Å². The van der Waals surface area contributed by atoms with Gasteiger partial charge in [0.1, 0.15) is 0 Å². The Kier molecular flexibility index (Phi) is 6.14. The molecule has 1 aliphatic heterocycles. The molecule has 1 fully saturated rings. The standard InChI is InChI=1S/C28H31N3O2/c1-19-25-17-29-18-31(25)24(27(19)21-8-4-2-5-9-21)16-26(32)20-12-14-22(15-13-20)28(33)30-23-10-6-3-7-11-23/h2-11,17-18,20,22,24,26,32H,12-16H2,1H3,(H,30,33). The molecule has 1 aliphatic carbocycles. The lowest BCUT2D eigenvalue weighted by Gasteiger charge is -2.32. The number of hydrogen-bond acceptors (Lipinski definition) is 3. The van der Waals surface area contributed by atoms with Gasteiger partial charge in [0.05, 0.1) is 30.4 Å². The van der Waals surface area contributed by atoms with Crippen molar-refractivity contribution in [2.45, 2.75) is 51.2 Å². The van der Waals surface area contributed by atoms with Gasteiger partial charge in [-0.05, 0) is 73.8 Å². The van der Waals surface area contributed by atoms with Crippen LogP contribution in [0.5, 0.6) is 0 Å². The quantitative estimate of drug-likeness (QED) is 0.526. The summed E-state index contributed by atoms with van der Waals surface area (Å²) in [7, 11) is 0. The first-order valence-electron chi connectivity index (χ1n) is 11.9. The van der Waals surface area contributed by atoms with E-state index in [1.54, 1.807) is 0 Å². The Morgan fingerprint density at radius 2 is 1.73 bits per heavy atom. The number of nitrogens with zero attached hydrogens (tertiary/aromatic N) is 2. The predicted octanol–water partition coefficient (Wildman–Crippen LogP) is 5.56. The van der Waals surface area contributed by atoms with E-state index >= 15 is 0 Å². The lowest BCUT2D eigenvalue weighted by molar-refractivity contribution is -0.121. The van der Waals surface area contributed by atoms with Crippen LogP contribution in [0.2, 0.25) is 0 Å². The summed E-state index contributed by atoms with van der Waals surface area (Å²) in [6, 6.07) is 20.2. The number of anilines is 1. The third kappa shape index (κ3) is 4.38. The topological polar surface area (TPSA) is 67.2 Å². The van der Waals surface area contributed by atoms with Gasteiger partial charge in [-0.1, -0.05) is 48.5 Å². The van der Waals surface area contributed by atoms with Crippen molar-refractivity contribution in [2.75, 3.05) is 5.32 Å². The lowest BCUT2D eigenvalue weighted by atomic mass is 9.77. The zero-order chi connectivity index (χ0) is 22.8. The Morgan fingerprint density at radius 3 is 2.42 bits per heavy atom. The van der Waals surface area contributed by atoms with Gasteiger partial charge in [0.15, 0.2) is 0 Å². The van der Waals surface area contributed by atoms with Crippen molar-refractivity contribution in [1.29, 1.82) is 0 Å². The molecule has 2 heterocycles. The number of carbonyl (C=O) groups is 1. The molecule has 0 spiro atoms. The van der Waals surface area contributed by atoms with Crippen LogP contribution in [0.25, 0.3) is 11.1 Å². The van der Waals surface area contributed by atoms with Gasteiger partial charge in [-0.15, -0.1) is 0 Å². The fraction of sp³-hybridized carbons (Fsp3) is 0.357. The number of hydrogen-bond donors (Lipinski definition) is 2. The fourth-order valence-electron chi connectivity index (χ4n) is 5.58. The Balaban J connectivity index is 1.24. The SMILES string of the molecule is CC1=C(c2ccccc2)C(CC(O)C2CCC(C(=O)Nc3ccccc3)CC2)n2cncc21. The van der Waals surface area contributed by atoms with E-state index in [1.165, 1.54) is 16.7 Å². The highest BCUT2D eigenvalue weighted by Crippen LogP contribution is 2.45. The van der Waals surface area contributed by atoms with E-state index in [0.29, 0.717) is 6.42 Å². The van der Waals surface area contributed by atoms with Gasteiger partial charge in [-0.3, -0.25) is 4.79 Å². The summed E-state index contributed by atoms with van der Waals surface area (Å²) in [4.78, 5) is 17.0. The second kappa shape index (κ2) is 9.36. The summed E-state index contributed by atoms with van der Waals surface area (Å²) in [5.41, 5.74) is 5.70. The maximum absolute atomic E-state index is 12.7. The molecule has 5 rings (SSSR count). The zero-order valence-electron chi connectivity index (χ0n) is 19.0. The van der Waals surface area contributed by atoms with Crippen LogP contribution in [0.4, 0.5) is 5.69 Å². The maximum atomic E-state index is 12.7. The molecular weight excluding hydrogens is 410 g/mol. The largest absolute Gasteiger partial charge is 0.393 e. The molecule has 5 heteroatoms. The third-order valence-corrected chi connectivity index (χ3v) is 7.40. The van der Waals surface area contributed by atoms with Crippen LogP contribution in [-0.2, 0) is 4.79 Å². The minimum absolute atomic E-state index is 0.0161. The average molecular weight is 442 g/mol. The first-order valence-corrected chi connectivity index (χ1v) is 11.9. The van der Waals surface area contributed by atoms with Crippen molar-refractivity contribution in [3.05, 3.63) is 84.4 Å². The number of aliphatic hydroxyl groups is 1. The fourth-order valence-corrected chi connectivity index (χ4v) is 5.58. The van der Waals surface area contributed by atoms with Crippen LogP contribution < -0.4 is 5.32 Å². The second-order valence-electron chi connectivity index (χ2n) is 9.38. The monoisotopic (exact) mass is 441 g/mol. The highest BCUT2D eigenvalue weighted by molar-refractivity contribution is 5.94. The van der Waals surface area contributed by atoms with Crippen LogP contribution in [-0.4, -0.2) is 26.7 Å². The second-order valence-corrected chi connectivity index (χ2v) is 9.38. The molecule has 3 aromatic rings. The van der Waals surface area contributed by atoms with Crippen molar-refractivity contribution in [3.63, 3.8) is 0 Å². The van der Waals surface area contributed by atoms with Gasteiger partial charge in [-0.2, -0.15) is 0 Å². The number of benzene rings is 2. The molecule has 1 saturated carbocycles. The molecule has 1 aromatic heterocycles. The van der Waals surface area contributed by atoms with Crippen LogP contribution >= 0.6 is 0 Å². The van der Waals surface area contributed by atoms with Gasteiger partial charge in [-0.25, -0.2) is 4.98 Å². The predicted molar refractivity (Wildman–Crippen MR) is 131 cm³/mol. The van der Waals surface area contributed by atoms with E-state index in [4.69, 9.17) is 0 Å². The molecule has 2 N–H and O–H groups in total. The molecule has 0 saturated heterocycles. The number of rotatable bonds is 6. The molecule has 2 aromatic carbocycles. The third-order valence-electron chi connectivity index (χ3n) is 7.40. The number of nitrogens with one attached hydrogen (secondary N) is 1. The Hall–Kier alpha value is -3.18. The molecule has 0 bridgehead atoms.